The van der Waals surface area contributed by atoms with Gasteiger partial charge in [-0.05, 0) is 18.6 Å². The van der Waals surface area contributed by atoms with E-state index in [1.54, 1.807) is 18.6 Å². The summed E-state index contributed by atoms with van der Waals surface area (Å²) in [6.07, 6.45) is 6.03. The number of aryl methyl sites for hydroxylation is 1. The van der Waals surface area contributed by atoms with E-state index < -0.39 is 0 Å². The molecule has 3 nitrogen and oxygen atoms in total. The molecule has 0 atom stereocenters. The van der Waals surface area contributed by atoms with Crippen LogP contribution in [0, 0.1) is 6.92 Å². The molecular formula is C10H8N2OS. The maximum atomic E-state index is 10.5. The first kappa shape index (κ1) is 9.02. The van der Waals surface area contributed by atoms with E-state index in [1.165, 1.54) is 11.3 Å². The fourth-order valence-electron chi connectivity index (χ4n) is 1.17. The Morgan fingerprint density at radius 2 is 2.21 bits per heavy atom. The zero-order chi connectivity index (χ0) is 9.97. The number of nitrogens with zero attached hydrogens (tertiary/aromatic N) is 2. The Morgan fingerprint density at radius 1 is 1.36 bits per heavy atom. The predicted molar refractivity (Wildman–Crippen MR) is 55.5 cm³/mol. The van der Waals surface area contributed by atoms with Gasteiger partial charge in [-0.15, -0.1) is 11.3 Å². The Bertz CT molecular complexity index is 465. The SMILES string of the molecule is Cc1cncc(-c2cnc(C=O)s2)c1. The maximum absolute atomic E-state index is 10.5. The Labute approximate surface area is 85.5 Å². The molecule has 2 heterocycles. The predicted octanol–water partition coefficient (Wildman–Crippen LogP) is 2.33. The van der Waals surface area contributed by atoms with Gasteiger partial charge in [-0.25, -0.2) is 4.98 Å². The Balaban J connectivity index is 2.43. The minimum absolute atomic E-state index is 0.501. The van der Waals surface area contributed by atoms with Crippen LogP contribution in [0.15, 0.2) is 24.7 Å². The van der Waals surface area contributed by atoms with Gasteiger partial charge in [-0.2, -0.15) is 0 Å². The summed E-state index contributed by atoms with van der Waals surface area (Å²) < 4.78 is 0. The number of rotatable bonds is 2. The molecule has 0 saturated heterocycles. The second-order valence-corrected chi connectivity index (χ2v) is 3.99. The summed E-state index contributed by atoms with van der Waals surface area (Å²) >= 11 is 1.38. The molecule has 0 spiro atoms. The number of carbonyl (C=O) groups is 1. The van der Waals surface area contributed by atoms with E-state index in [0.29, 0.717) is 5.01 Å². The van der Waals surface area contributed by atoms with Gasteiger partial charge in [0.25, 0.3) is 0 Å². The van der Waals surface area contributed by atoms with Crippen LogP contribution >= 0.6 is 11.3 Å². The second kappa shape index (κ2) is 3.67. The third kappa shape index (κ3) is 1.70. The highest BCUT2D eigenvalue weighted by Crippen LogP contribution is 2.24. The summed E-state index contributed by atoms with van der Waals surface area (Å²) in [6.45, 7) is 1.98. The average molecular weight is 204 g/mol. The lowest BCUT2D eigenvalue weighted by atomic mass is 10.2. The fourth-order valence-corrected chi connectivity index (χ4v) is 1.88. The lowest BCUT2D eigenvalue weighted by Gasteiger charge is -1.96. The molecule has 0 aromatic carbocycles. The van der Waals surface area contributed by atoms with E-state index in [1.807, 2.05) is 13.0 Å². The van der Waals surface area contributed by atoms with Crippen molar-refractivity contribution in [3.63, 3.8) is 0 Å². The number of aldehydes is 1. The molecule has 0 fully saturated rings. The van der Waals surface area contributed by atoms with Crippen LogP contribution in [0.25, 0.3) is 10.4 Å². The molecule has 2 rings (SSSR count). The molecule has 0 amide bonds. The summed E-state index contributed by atoms with van der Waals surface area (Å²) in [7, 11) is 0. The van der Waals surface area contributed by atoms with Crippen LogP contribution in [0.1, 0.15) is 15.4 Å². The molecule has 0 aliphatic rings. The molecule has 0 N–H and O–H groups in total. The lowest BCUT2D eigenvalue weighted by Crippen LogP contribution is -1.78. The third-order valence-electron chi connectivity index (χ3n) is 1.78. The van der Waals surface area contributed by atoms with Crippen LogP contribution in [0.2, 0.25) is 0 Å². The summed E-state index contributed by atoms with van der Waals surface area (Å²) in [5, 5.41) is 0.501. The van der Waals surface area contributed by atoms with Crippen LogP contribution in [0.3, 0.4) is 0 Å². The van der Waals surface area contributed by atoms with E-state index in [0.717, 1.165) is 22.3 Å². The summed E-state index contributed by atoms with van der Waals surface area (Å²) in [4.78, 5) is 19.5. The Hall–Kier alpha value is -1.55. The highest BCUT2D eigenvalue weighted by molar-refractivity contribution is 7.16. The summed E-state index contributed by atoms with van der Waals surface area (Å²) in [5.41, 5.74) is 2.11. The first-order valence-electron chi connectivity index (χ1n) is 4.12. The van der Waals surface area contributed by atoms with Crippen molar-refractivity contribution in [1.82, 2.24) is 9.97 Å². The number of pyridine rings is 1. The number of carbonyl (C=O) groups excluding carboxylic acids is 1. The zero-order valence-corrected chi connectivity index (χ0v) is 8.41. The fraction of sp³-hybridized carbons (Fsp3) is 0.100. The van der Waals surface area contributed by atoms with E-state index >= 15 is 0 Å². The van der Waals surface area contributed by atoms with Gasteiger partial charge < -0.3 is 0 Å². The number of aromatic nitrogens is 2. The Kier molecular flexibility index (Phi) is 2.37. The number of thiazole rings is 1. The van der Waals surface area contributed by atoms with E-state index in [2.05, 4.69) is 9.97 Å². The van der Waals surface area contributed by atoms with Gasteiger partial charge >= 0.3 is 0 Å². The Morgan fingerprint density at radius 3 is 2.86 bits per heavy atom. The van der Waals surface area contributed by atoms with Crippen molar-refractivity contribution in [2.75, 3.05) is 0 Å². The van der Waals surface area contributed by atoms with Crippen molar-refractivity contribution in [2.24, 2.45) is 0 Å². The van der Waals surface area contributed by atoms with Gasteiger partial charge in [-0.1, -0.05) is 0 Å². The molecule has 0 radical (unpaired) electrons. The van der Waals surface area contributed by atoms with Crippen LogP contribution < -0.4 is 0 Å². The van der Waals surface area contributed by atoms with E-state index in [4.69, 9.17) is 0 Å². The van der Waals surface area contributed by atoms with Crippen LogP contribution in [-0.2, 0) is 0 Å². The first-order valence-corrected chi connectivity index (χ1v) is 4.94. The van der Waals surface area contributed by atoms with Gasteiger partial charge in [0, 0.05) is 24.2 Å². The lowest BCUT2D eigenvalue weighted by molar-refractivity contribution is 0.112. The molecule has 2 aromatic heterocycles. The van der Waals surface area contributed by atoms with Crippen molar-refractivity contribution < 1.29 is 4.79 Å². The minimum Gasteiger partial charge on any atom is -0.295 e. The standard InChI is InChI=1S/C10H8N2OS/c1-7-2-8(4-11-3-7)9-5-12-10(6-13)14-9/h2-6H,1H3. The van der Waals surface area contributed by atoms with E-state index in [-0.39, 0.29) is 0 Å². The molecule has 0 aliphatic heterocycles. The summed E-state index contributed by atoms with van der Waals surface area (Å²) in [5.74, 6) is 0. The van der Waals surface area contributed by atoms with Gasteiger partial charge in [0.1, 0.15) is 0 Å². The van der Waals surface area contributed by atoms with Crippen LogP contribution in [0.4, 0.5) is 0 Å². The third-order valence-corrected chi connectivity index (χ3v) is 2.76. The van der Waals surface area contributed by atoms with E-state index in [9.17, 15) is 4.79 Å². The molecule has 70 valence electrons. The smallest absolute Gasteiger partial charge is 0.178 e. The molecule has 0 bridgehead atoms. The average Bonchev–Trinajstić information content (AvgIpc) is 2.66. The zero-order valence-electron chi connectivity index (χ0n) is 7.60. The first-order chi connectivity index (χ1) is 6.79. The monoisotopic (exact) mass is 204 g/mol. The van der Waals surface area contributed by atoms with Crippen molar-refractivity contribution >= 4 is 17.6 Å². The quantitative estimate of drug-likeness (QED) is 0.705. The second-order valence-electron chi connectivity index (χ2n) is 2.93. The highest BCUT2D eigenvalue weighted by Gasteiger charge is 2.03. The summed E-state index contributed by atoms with van der Waals surface area (Å²) in [6, 6.07) is 2.02. The van der Waals surface area contributed by atoms with Crippen LogP contribution in [0.5, 0.6) is 0 Å². The normalized spacial score (nSPS) is 10.1. The van der Waals surface area contributed by atoms with Crippen molar-refractivity contribution in [1.29, 1.82) is 0 Å². The van der Waals surface area contributed by atoms with Gasteiger partial charge in [0.2, 0.25) is 0 Å². The molecular weight excluding hydrogens is 196 g/mol. The van der Waals surface area contributed by atoms with Crippen molar-refractivity contribution in [3.8, 4) is 10.4 Å². The van der Waals surface area contributed by atoms with Gasteiger partial charge in [0.15, 0.2) is 11.3 Å². The topological polar surface area (TPSA) is 42.9 Å². The molecule has 4 heteroatoms. The number of hydrogen-bond donors (Lipinski definition) is 0. The highest BCUT2D eigenvalue weighted by atomic mass is 32.1. The van der Waals surface area contributed by atoms with Gasteiger partial charge in [-0.3, -0.25) is 9.78 Å². The van der Waals surface area contributed by atoms with Gasteiger partial charge in [0.05, 0.1) is 4.88 Å². The molecule has 0 saturated carbocycles. The number of hydrogen-bond acceptors (Lipinski definition) is 4. The molecule has 2 aromatic rings. The maximum Gasteiger partial charge on any atom is 0.178 e. The minimum atomic E-state index is 0.501. The van der Waals surface area contributed by atoms with Crippen molar-refractivity contribution in [2.45, 2.75) is 6.92 Å². The van der Waals surface area contributed by atoms with Crippen molar-refractivity contribution in [3.05, 3.63) is 35.2 Å². The largest absolute Gasteiger partial charge is 0.295 e. The van der Waals surface area contributed by atoms with Crippen LogP contribution in [-0.4, -0.2) is 16.3 Å². The molecule has 0 aliphatic carbocycles. The molecule has 0 unspecified atom stereocenters. The molecule has 14 heavy (non-hydrogen) atoms.